The summed E-state index contributed by atoms with van der Waals surface area (Å²) in [6, 6.07) is 6.23. The van der Waals surface area contributed by atoms with Crippen LogP contribution in [0.2, 0.25) is 0 Å². The van der Waals surface area contributed by atoms with Crippen LogP contribution in [0.1, 0.15) is 29.3 Å². The molecule has 0 fully saturated rings. The van der Waals surface area contributed by atoms with Crippen LogP contribution in [-0.4, -0.2) is 17.1 Å². The molecule has 4 heteroatoms. The SMILES string of the molecule is CCC(C#N)NC(=O)c1cc(C)ccc1O. The van der Waals surface area contributed by atoms with Gasteiger partial charge < -0.3 is 10.4 Å². The number of aromatic hydroxyl groups is 1. The third kappa shape index (κ3) is 2.74. The van der Waals surface area contributed by atoms with E-state index in [1.807, 2.05) is 19.9 Å². The van der Waals surface area contributed by atoms with Crippen LogP contribution < -0.4 is 5.32 Å². The van der Waals surface area contributed by atoms with Crippen LogP contribution in [0.4, 0.5) is 0 Å². The van der Waals surface area contributed by atoms with Crippen molar-refractivity contribution in [1.29, 1.82) is 5.26 Å². The number of phenols is 1. The largest absolute Gasteiger partial charge is 0.507 e. The van der Waals surface area contributed by atoms with Gasteiger partial charge in [0.25, 0.3) is 5.91 Å². The summed E-state index contributed by atoms with van der Waals surface area (Å²) in [7, 11) is 0. The van der Waals surface area contributed by atoms with Crippen LogP contribution in [0.15, 0.2) is 18.2 Å². The summed E-state index contributed by atoms with van der Waals surface area (Å²) >= 11 is 0. The highest BCUT2D eigenvalue weighted by Gasteiger charge is 2.14. The van der Waals surface area contributed by atoms with Gasteiger partial charge in [-0.2, -0.15) is 5.26 Å². The lowest BCUT2D eigenvalue weighted by Crippen LogP contribution is -2.33. The zero-order valence-corrected chi connectivity index (χ0v) is 9.32. The van der Waals surface area contributed by atoms with Crippen LogP contribution in [0.5, 0.6) is 5.75 Å². The summed E-state index contributed by atoms with van der Waals surface area (Å²) in [6.45, 7) is 3.64. The van der Waals surface area contributed by atoms with Gasteiger partial charge in [0, 0.05) is 0 Å². The average Bonchev–Trinajstić information content (AvgIpc) is 2.28. The molecule has 0 aliphatic rings. The van der Waals surface area contributed by atoms with Crippen molar-refractivity contribution in [2.75, 3.05) is 0 Å². The van der Waals surface area contributed by atoms with E-state index in [0.717, 1.165) is 5.56 Å². The highest BCUT2D eigenvalue weighted by atomic mass is 16.3. The Morgan fingerprint density at radius 2 is 2.31 bits per heavy atom. The highest BCUT2D eigenvalue weighted by molar-refractivity contribution is 5.97. The van der Waals surface area contributed by atoms with Crippen molar-refractivity contribution in [2.45, 2.75) is 26.3 Å². The molecule has 1 unspecified atom stereocenters. The van der Waals surface area contributed by atoms with E-state index >= 15 is 0 Å². The summed E-state index contributed by atoms with van der Waals surface area (Å²) < 4.78 is 0. The highest BCUT2D eigenvalue weighted by Crippen LogP contribution is 2.18. The standard InChI is InChI=1S/C12H14N2O2/c1-3-9(7-13)14-12(16)10-6-8(2)4-5-11(10)15/h4-6,9,15H,3H2,1-2H3,(H,14,16). The lowest BCUT2D eigenvalue weighted by molar-refractivity contribution is 0.0942. The number of rotatable bonds is 3. The van der Waals surface area contributed by atoms with Crippen LogP contribution in [0.25, 0.3) is 0 Å². The molecule has 0 heterocycles. The van der Waals surface area contributed by atoms with Crippen LogP contribution >= 0.6 is 0 Å². The van der Waals surface area contributed by atoms with Gasteiger partial charge in [-0.15, -0.1) is 0 Å². The second-order valence-electron chi connectivity index (χ2n) is 3.58. The monoisotopic (exact) mass is 218 g/mol. The van der Waals surface area contributed by atoms with Gasteiger partial charge in [0.1, 0.15) is 11.8 Å². The molecule has 1 atom stereocenters. The van der Waals surface area contributed by atoms with E-state index in [2.05, 4.69) is 5.32 Å². The second-order valence-corrected chi connectivity index (χ2v) is 3.58. The number of carbonyl (C=O) groups excluding carboxylic acids is 1. The normalized spacial score (nSPS) is 11.6. The number of carbonyl (C=O) groups is 1. The second kappa shape index (κ2) is 5.17. The fraction of sp³-hybridized carbons (Fsp3) is 0.333. The maximum atomic E-state index is 11.7. The predicted octanol–water partition coefficient (Wildman–Crippen LogP) is 1.73. The molecule has 0 saturated heterocycles. The van der Waals surface area contributed by atoms with Gasteiger partial charge in [-0.25, -0.2) is 0 Å². The first-order valence-corrected chi connectivity index (χ1v) is 5.08. The number of phenolic OH excluding ortho intramolecular Hbond substituents is 1. The van der Waals surface area contributed by atoms with Crippen molar-refractivity contribution in [3.05, 3.63) is 29.3 Å². The van der Waals surface area contributed by atoms with E-state index in [-0.39, 0.29) is 11.3 Å². The van der Waals surface area contributed by atoms with Gasteiger partial charge in [0.15, 0.2) is 0 Å². The molecule has 1 aromatic rings. The number of hydrogen-bond donors (Lipinski definition) is 2. The van der Waals surface area contributed by atoms with Crippen LogP contribution in [0, 0.1) is 18.3 Å². The first-order chi connectivity index (χ1) is 7.58. The molecule has 0 aromatic heterocycles. The Morgan fingerprint density at radius 1 is 1.62 bits per heavy atom. The molecule has 1 aromatic carbocycles. The fourth-order valence-corrected chi connectivity index (χ4v) is 1.29. The van der Waals surface area contributed by atoms with Crippen molar-refractivity contribution < 1.29 is 9.90 Å². The van der Waals surface area contributed by atoms with Crippen LogP contribution in [0.3, 0.4) is 0 Å². The molecule has 2 N–H and O–H groups in total. The summed E-state index contributed by atoms with van der Waals surface area (Å²) in [5.74, 6) is -0.495. The molecule has 0 bridgehead atoms. The lowest BCUT2D eigenvalue weighted by Gasteiger charge is -2.10. The molecular formula is C12H14N2O2. The average molecular weight is 218 g/mol. The Labute approximate surface area is 94.5 Å². The quantitative estimate of drug-likeness (QED) is 0.811. The van der Waals surface area contributed by atoms with E-state index < -0.39 is 11.9 Å². The van der Waals surface area contributed by atoms with Gasteiger partial charge in [0.05, 0.1) is 11.6 Å². The number of aryl methyl sites for hydroxylation is 1. The van der Waals surface area contributed by atoms with E-state index in [1.54, 1.807) is 12.1 Å². The maximum absolute atomic E-state index is 11.7. The number of nitriles is 1. The summed E-state index contributed by atoms with van der Waals surface area (Å²) in [5.41, 5.74) is 1.08. The Hall–Kier alpha value is -2.02. The minimum atomic E-state index is -0.521. The Kier molecular flexibility index (Phi) is 3.90. The van der Waals surface area contributed by atoms with Crippen molar-refractivity contribution >= 4 is 5.91 Å². The van der Waals surface area contributed by atoms with Gasteiger partial charge in [-0.05, 0) is 25.5 Å². The first kappa shape index (κ1) is 12.1. The maximum Gasteiger partial charge on any atom is 0.256 e. The van der Waals surface area contributed by atoms with Crippen molar-refractivity contribution in [2.24, 2.45) is 0 Å². The molecular weight excluding hydrogens is 204 g/mol. The number of nitrogens with one attached hydrogen (secondary N) is 1. The number of nitrogens with zero attached hydrogens (tertiary/aromatic N) is 1. The van der Waals surface area contributed by atoms with Crippen molar-refractivity contribution in [1.82, 2.24) is 5.32 Å². The summed E-state index contributed by atoms with van der Waals surface area (Å²) in [6.07, 6.45) is 0.537. The molecule has 1 amide bonds. The predicted molar refractivity (Wildman–Crippen MR) is 60.0 cm³/mol. The lowest BCUT2D eigenvalue weighted by atomic mass is 10.1. The van der Waals surface area contributed by atoms with E-state index in [1.165, 1.54) is 6.07 Å². The van der Waals surface area contributed by atoms with Crippen molar-refractivity contribution in [3.8, 4) is 11.8 Å². The smallest absolute Gasteiger partial charge is 0.256 e. The molecule has 1 rings (SSSR count). The van der Waals surface area contributed by atoms with Crippen LogP contribution in [-0.2, 0) is 0 Å². The Bertz CT molecular complexity index is 435. The third-order valence-corrected chi connectivity index (χ3v) is 2.27. The molecule has 84 valence electrons. The van der Waals surface area contributed by atoms with E-state index in [9.17, 15) is 9.90 Å². The number of hydrogen-bond acceptors (Lipinski definition) is 3. The van der Waals surface area contributed by atoms with Gasteiger partial charge in [-0.1, -0.05) is 18.6 Å². The molecule has 16 heavy (non-hydrogen) atoms. The molecule has 4 nitrogen and oxygen atoms in total. The minimum absolute atomic E-state index is 0.0732. The zero-order chi connectivity index (χ0) is 12.1. The van der Waals surface area contributed by atoms with Crippen molar-refractivity contribution in [3.63, 3.8) is 0 Å². The minimum Gasteiger partial charge on any atom is -0.507 e. The van der Waals surface area contributed by atoms with Gasteiger partial charge in [0.2, 0.25) is 0 Å². The van der Waals surface area contributed by atoms with Gasteiger partial charge >= 0.3 is 0 Å². The van der Waals surface area contributed by atoms with E-state index in [0.29, 0.717) is 6.42 Å². The number of benzene rings is 1. The zero-order valence-electron chi connectivity index (χ0n) is 9.32. The van der Waals surface area contributed by atoms with Gasteiger partial charge in [-0.3, -0.25) is 4.79 Å². The Morgan fingerprint density at radius 3 is 2.88 bits per heavy atom. The summed E-state index contributed by atoms with van der Waals surface area (Å²) in [4.78, 5) is 11.7. The molecule has 0 spiro atoms. The summed E-state index contributed by atoms with van der Waals surface area (Å²) in [5, 5.41) is 20.8. The first-order valence-electron chi connectivity index (χ1n) is 5.08. The number of amides is 1. The third-order valence-electron chi connectivity index (χ3n) is 2.27. The molecule has 0 saturated carbocycles. The fourth-order valence-electron chi connectivity index (χ4n) is 1.29. The molecule has 0 aliphatic heterocycles. The molecule has 0 aliphatic carbocycles. The molecule has 0 radical (unpaired) electrons. The Balaban J connectivity index is 2.89. The topological polar surface area (TPSA) is 73.1 Å². The van der Waals surface area contributed by atoms with E-state index in [4.69, 9.17) is 5.26 Å².